The molecule has 0 bridgehead atoms. The summed E-state index contributed by atoms with van der Waals surface area (Å²) in [7, 11) is 0. The Morgan fingerprint density at radius 3 is 2.47 bits per heavy atom. The van der Waals surface area contributed by atoms with Crippen molar-refractivity contribution in [3.63, 3.8) is 0 Å². The maximum atomic E-state index is 12.2. The van der Waals surface area contributed by atoms with E-state index >= 15 is 0 Å². The van der Waals surface area contributed by atoms with Gasteiger partial charge in [-0.15, -0.1) is 0 Å². The third kappa shape index (κ3) is 2.80. The van der Waals surface area contributed by atoms with Crippen molar-refractivity contribution in [3.05, 3.63) is 0 Å². The molecule has 98 valence electrons. The molecule has 2 fully saturated rings. The summed E-state index contributed by atoms with van der Waals surface area (Å²) in [4.78, 5) is 16.7. The summed E-state index contributed by atoms with van der Waals surface area (Å²) in [6.45, 7) is 9.44. The quantitative estimate of drug-likeness (QED) is 0.795. The molecule has 1 saturated heterocycles. The van der Waals surface area contributed by atoms with Gasteiger partial charge in [-0.3, -0.25) is 9.69 Å². The Bertz CT molecular complexity index is 305. The highest BCUT2D eigenvalue weighted by Gasteiger charge is 2.52. The van der Waals surface area contributed by atoms with Gasteiger partial charge in [-0.25, -0.2) is 0 Å². The number of nitrogens with zero attached hydrogens (tertiary/aromatic N) is 2. The van der Waals surface area contributed by atoms with E-state index in [-0.39, 0.29) is 17.9 Å². The van der Waals surface area contributed by atoms with Crippen molar-refractivity contribution in [3.8, 4) is 0 Å². The molecule has 1 aliphatic carbocycles. The van der Waals surface area contributed by atoms with Gasteiger partial charge >= 0.3 is 0 Å². The minimum Gasteiger partial charge on any atom is -0.390 e. The highest BCUT2D eigenvalue weighted by molar-refractivity contribution is 5.78. The van der Waals surface area contributed by atoms with Crippen LogP contribution in [0.2, 0.25) is 0 Å². The molecule has 0 aromatic carbocycles. The first-order valence-corrected chi connectivity index (χ1v) is 6.61. The van der Waals surface area contributed by atoms with E-state index in [9.17, 15) is 9.90 Å². The average molecular weight is 240 g/mol. The third-order valence-corrected chi connectivity index (χ3v) is 3.89. The van der Waals surface area contributed by atoms with E-state index in [0.717, 1.165) is 39.0 Å². The summed E-state index contributed by atoms with van der Waals surface area (Å²) in [5.41, 5.74) is -0.786. The number of aliphatic hydroxyl groups is 1. The molecule has 1 aliphatic heterocycles. The molecule has 2 aliphatic rings. The van der Waals surface area contributed by atoms with Gasteiger partial charge in [0.15, 0.2) is 0 Å². The zero-order chi connectivity index (χ0) is 12.7. The zero-order valence-electron chi connectivity index (χ0n) is 11.2. The van der Waals surface area contributed by atoms with Crippen LogP contribution in [0.25, 0.3) is 0 Å². The van der Waals surface area contributed by atoms with Gasteiger partial charge in [0.25, 0.3) is 0 Å². The highest BCUT2D eigenvalue weighted by Crippen LogP contribution is 2.44. The van der Waals surface area contributed by atoms with Gasteiger partial charge in [0.2, 0.25) is 5.91 Å². The van der Waals surface area contributed by atoms with Crippen LogP contribution < -0.4 is 0 Å². The number of amides is 1. The van der Waals surface area contributed by atoms with Crippen LogP contribution in [0.3, 0.4) is 0 Å². The molecule has 0 aromatic rings. The molecule has 17 heavy (non-hydrogen) atoms. The number of hydrogen-bond donors (Lipinski definition) is 1. The van der Waals surface area contributed by atoms with Gasteiger partial charge in [0.05, 0.1) is 17.6 Å². The Morgan fingerprint density at radius 2 is 2.00 bits per heavy atom. The molecule has 2 rings (SSSR count). The molecule has 1 amide bonds. The predicted octanol–water partition coefficient (Wildman–Crippen LogP) is 0.844. The van der Waals surface area contributed by atoms with E-state index in [1.807, 2.05) is 4.90 Å². The first-order valence-electron chi connectivity index (χ1n) is 6.61. The van der Waals surface area contributed by atoms with Crippen LogP contribution >= 0.6 is 0 Å². The lowest BCUT2D eigenvalue weighted by atomic mass is 10.0. The Morgan fingerprint density at radius 1 is 1.35 bits per heavy atom. The van der Waals surface area contributed by atoms with E-state index in [4.69, 9.17) is 0 Å². The summed E-state index contributed by atoms with van der Waals surface area (Å²) in [5.74, 6) is 0.116. The Hall–Kier alpha value is -0.610. The van der Waals surface area contributed by atoms with Crippen LogP contribution in [0.4, 0.5) is 0 Å². The second-order valence-corrected chi connectivity index (χ2v) is 6.13. The largest absolute Gasteiger partial charge is 0.390 e. The van der Waals surface area contributed by atoms with E-state index in [1.165, 1.54) is 0 Å². The molecular weight excluding hydrogens is 216 g/mol. The summed E-state index contributed by atoms with van der Waals surface area (Å²) in [6.07, 6.45) is 2.49. The molecule has 4 heteroatoms. The number of carbonyl (C=O) groups is 1. The molecule has 1 N–H and O–H groups in total. The first-order chi connectivity index (χ1) is 7.86. The predicted molar refractivity (Wildman–Crippen MR) is 66.7 cm³/mol. The third-order valence-electron chi connectivity index (χ3n) is 3.89. The first kappa shape index (κ1) is 12.8. The van der Waals surface area contributed by atoms with Crippen molar-refractivity contribution in [1.82, 2.24) is 9.80 Å². The molecule has 4 nitrogen and oxygen atoms in total. The Kier molecular flexibility index (Phi) is 3.21. The molecule has 0 unspecified atom stereocenters. The summed E-state index contributed by atoms with van der Waals surface area (Å²) in [6, 6.07) is 0. The number of carbonyl (C=O) groups excluding carboxylic acids is 1. The van der Waals surface area contributed by atoms with Gasteiger partial charge in [0, 0.05) is 19.6 Å². The SMILES string of the molecule is CCN1CCN(C(=O)CC(C)(C)O)C2(CC2)C1. The molecule has 1 spiro atoms. The fourth-order valence-electron chi connectivity index (χ4n) is 2.76. The molecule has 0 atom stereocenters. The van der Waals surface area contributed by atoms with E-state index < -0.39 is 5.60 Å². The second kappa shape index (κ2) is 4.25. The van der Waals surface area contributed by atoms with Crippen molar-refractivity contribution in [2.45, 2.75) is 51.2 Å². The van der Waals surface area contributed by atoms with Crippen molar-refractivity contribution in [2.24, 2.45) is 0 Å². The maximum Gasteiger partial charge on any atom is 0.225 e. The normalized spacial score (nSPS) is 24.1. The van der Waals surface area contributed by atoms with Crippen molar-refractivity contribution in [1.29, 1.82) is 0 Å². The summed E-state index contributed by atoms with van der Waals surface area (Å²) >= 11 is 0. The van der Waals surface area contributed by atoms with Gasteiger partial charge in [-0.1, -0.05) is 6.92 Å². The minimum atomic E-state index is -0.894. The van der Waals surface area contributed by atoms with Crippen LogP contribution in [0.15, 0.2) is 0 Å². The number of likely N-dealkylation sites (N-methyl/N-ethyl adjacent to an activating group) is 1. The monoisotopic (exact) mass is 240 g/mol. The van der Waals surface area contributed by atoms with Crippen LogP contribution in [0.1, 0.15) is 40.0 Å². The summed E-state index contributed by atoms with van der Waals surface area (Å²) < 4.78 is 0. The Labute approximate surface area is 104 Å². The second-order valence-electron chi connectivity index (χ2n) is 6.13. The topological polar surface area (TPSA) is 43.8 Å². The highest BCUT2D eigenvalue weighted by atomic mass is 16.3. The standard InChI is InChI=1S/C13H24N2O2/c1-4-14-7-8-15(13(10-14)5-6-13)11(16)9-12(2,3)17/h17H,4-10H2,1-3H3. The van der Waals surface area contributed by atoms with E-state index in [1.54, 1.807) is 13.8 Å². The number of piperazine rings is 1. The average Bonchev–Trinajstić information content (AvgIpc) is 2.95. The van der Waals surface area contributed by atoms with Crippen molar-refractivity contribution < 1.29 is 9.90 Å². The van der Waals surface area contributed by atoms with Crippen LogP contribution in [0, 0.1) is 0 Å². The molecular formula is C13H24N2O2. The van der Waals surface area contributed by atoms with Crippen LogP contribution in [-0.2, 0) is 4.79 Å². The number of rotatable bonds is 3. The van der Waals surface area contributed by atoms with Gasteiger partial charge in [-0.05, 0) is 33.2 Å². The smallest absolute Gasteiger partial charge is 0.225 e. The summed E-state index contributed by atoms with van der Waals surface area (Å²) in [5, 5.41) is 9.75. The van der Waals surface area contributed by atoms with Crippen molar-refractivity contribution >= 4 is 5.91 Å². The maximum absolute atomic E-state index is 12.2. The van der Waals surface area contributed by atoms with Gasteiger partial charge in [0.1, 0.15) is 0 Å². The zero-order valence-corrected chi connectivity index (χ0v) is 11.2. The Balaban J connectivity index is 2.00. The number of hydrogen-bond acceptors (Lipinski definition) is 3. The minimum absolute atomic E-state index is 0.108. The molecule has 1 heterocycles. The lowest BCUT2D eigenvalue weighted by Crippen LogP contribution is -2.57. The van der Waals surface area contributed by atoms with Crippen molar-refractivity contribution in [2.75, 3.05) is 26.2 Å². The molecule has 0 radical (unpaired) electrons. The van der Waals surface area contributed by atoms with E-state index in [2.05, 4.69) is 11.8 Å². The fraction of sp³-hybridized carbons (Fsp3) is 0.923. The van der Waals surface area contributed by atoms with Crippen LogP contribution in [-0.4, -0.2) is 58.1 Å². The lowest BCUT2D eigenvalue weighted by molar-refractivity contribution is -0.141. The van der Waals surface area contributed by atoms with Gasteiger partial charge in [-0.2, -0.15) is 0 Å². The molecule has 0 aromatic heterocycles. The van der Waals surface area contributed by atoms with Crippen LogP contribution in [0.5, 0.6) is 0 Å². The lowest BCUT2D eigenvalue weighted by Gasteiger charge is -2.42. The van der Waals surface area contributed by atoms with E-state index in [0.29, 0.717) is 0 Å². The fourth-order valence-corrected chi connectivity index (χ4v) is 2.76. The molecule has 1 saturated carbocycles. The van der Waals surface area contributed by atoms with Gasteiger partial charge < -0.3 is 10.0 Å².